The minimum atomic E-state index is 1.21. The van der Waals surface area contributed by atoms with Crippen LogP contribution in [-0.4, -0.2) is 0 Å². The minimum absolute atomic E-state index is 1.21. The SMILES string of the molecule is CCCc1ccc(CCC)cc1.Cc1ccccc1. The Morgan fingerprint density at radius 3 is 1.32 bits per heavy atom. The van der Waals surface area contributed by atoms with Gasteiger partial charge in [-0.3, -0.25) is 0 Å². The first-order valence-electron chi connectivity index (χ1n) is 7.35. The van der Waals surface area contributed by atoms with Gasteiger partial charge in [0, 0.05) is 0 Å². The van der Waals surface area contributed by atoms with Crippen LogP contribution >= 0.6 is 0 Å². The molecule has 2 aromatic carbocycles. The van der Waals surface area contributed by atoms with Gasteiger partial charge in [0.15, 0.2) is 0 Å². The second-order valence-corrected chi connectivity index (χ2v) is 4.97. The van der Waals surface area contributed by atoms with Crippen LogP contribution in [0, 0.1) is 6.92 Å². The summed E-state index contributed by atoms with van der Waals surface area (Å²) in [5, 5.41) is 0. The van der Waals surface area contributed by atoms with Gasteiger partial charge in [0.1, 0.15) is 0 Å². The molecule has 0 N–H and O–H groups in total. The molecule has 0 radical (unpaired) electrons. The van der Waals surface area contributed by atoms with E-state index < -0.39 is 0 Å². The molecule has 2 aromatic rings. The van der Waals surface area contributed by atoms with E-state index in [4.69, 9.17) is 0 Å². The zero-order valence-corrected chi connectivity index (χ0v) is 12.5. The highest BCUT2D eigenvalue weighted by Crippen LogP contribution is 2.08. The highest BCUT2D eigenvalue weighted by Gasteiger charge is 1.92. The lowest BCUT2D eigenvalue weighted by atomic mass is 10.1. The molecule has 0 aliphatic heterocycles. The molecule has 0 aromatic heterocycles. The van der Waals surface area contributed by atoms with Gasteiger partial charge in [-0.1, -0.05) is 86.8 Å². The van der Waals surface area contributed by atoms with E-state index in [0.29, 0.717) is 0 Å². The third-order valence-electron chi connectivity index (χ3n) is 3.04. The molecule has 0 bridgehead atoms. The lowest BCUT2D eigenvalue weighted by Gasteiger charge is -2.01. The standard InChI is InChI=1S/C12H18.C7H8/c1-3-5-11-7-9-12(6-4-2)10-8-11;1-7-5-3-2-4-6-7/h7-10H,3-6H2,1-2H3;2-6H,1H3. The van der Waals surface area contributed by atoms with E-state index >= 15 is 0 Å². The molecule has 102 valence electrons. The van der Waals surface area contributed by atoms with Gasteiger partial charge in [-0.25, -0.2) is 0 Å². The normalized spacial score (nSPS) is 9.63. The molecule has 0 spiro atoms. The average Bonchev–Trinajstić information content (AvgIpc) is 2.43. The van der Waals surface area contributed by atoms with Crippen molar-refractivity contribution in [1.29, 1.82) is 0 Å². The summed E-state index contributed by atoms with van der Waals surface area (Å²) in [6.45, 7) is 6.53. The Balaban J connectivity index is 0.000000218. The molecular weight excluding hydrogens is 228 g/mol. The van der Waals surface area contributed by atoms with Gasteiger partial charge < -0.3 is 0 Å². The summed E-state index contributed by atoms with van der Waals surface area (Å²) in [6, 6.07) is 19.3. The van der Waals surface area contributed by atoms with Crippen LogP contribution in [0.25, 0.3) is 0 Å². The van der Waals surface area contributed by atoms with Crippen molar-refractivity contribution in [2.75, 3.05) is 0 Å². The monoisotopic (exact) mass is 254 g/mol. The largest absolute Gasteiger partial charge is 0.0651 e. The average molecular weight is 254 g/mol. The molecule has 0 amide bonds. The topological polar surface area (TPSA) is 0 Å². The first-order chi connectivity index (χ1) is 9.26. The fourth-order valence-corrected chi connectivity index (χ4v) is 1.98. The molecule has 0 fully saturated rings. The predicted molar refractivity (Wildman–Crippen MR) is 85.6 cm³/mol. The van der Waals surface area contributed by atoms with Crippen molar-refractivity contribution < 1.29 is 0 Å². The zero-order valence-electron chi connectivity index (χ0n) is 12.5. The van der Waals surface area contributed by atoms with E-state index in [1.54, 1.807) is 0 Å². The Morgan fingerprint density at radius 2 is 1.05 bits per heavy atom. The van der Waals surface area contributed by atoms with E-state index in [9.17, 15) is 0 Å². The van der Waals surface area contributed by atoms with Gasteiger partial charge in [0.25, 0.3) is 0 Å². The van der Waals surface area contributed by atoms with Gasteiger partial charge in [-0.05, 0) is 30.9 Å². The number of hydrogen-bond donors (Lipinski definition) is 0. The Morgan fingerprint density at radius 1 is 0.632 bits per heavy atom. The van der Waals surface area contributed by atoms with Crippen molar-refractivity contribution in [2.24, 2.45) is 0 Å². The second kappa shape index (κ2) is 9.38. The van der Waals surface area contributed by atoms with Crippen LogP contribution in [0.15, 0.2) is 54.6 Å². The van der Waals surface area contributed by atoms with Gasteiger partial charge in [0.2, 0.25) is 0 Å². The van der Waals surface area contributed by atoms with Crippen molar-refractivity contribution in [3.8, 4) is 0 Å². The third-order valence-corrected chi connectivity index (χ3v) is 3.04. The third kappa shape index (κ3) is 6.81. The van der Waals surface area contributed by atoms with E-state index in [1.165, 1.54) is 42.4 Å². The Kier molecular flexibility index (Phi) is 7.65. The number of hydrogen-bond acceptors (Lipinski definition) is 0. The van der Waals surface area contributed by atoms with Gasteiger partial charge in [-0.2, -0.15) is 0 Å². The van der Waals surface area contributed by atoms with Crippen molar-refractivity contribution in [2.45, 2.75) is 46.5 Å². The van der Waals surface area contributed by atoms with E-state index in [-0.39, 0.29) is 0 Å². The quantitative estimate of drug-likeness (QED) is 0.667. The number of rotatable bonds is 4. The summed E-state index contributed by atoms with van der Waals surface area (Å²) in [5.74, 6) is 0. The lowest BCUT2D eigenvalue weighted by Crippen LogP contribution is -1.85. The van der Waals surface area contributed by atoms with E-state index in [0.717, 1.165) is 0 Å². The van der Waals surface area contributed by atoms with Crippen LogP contribution < -0.4 is 0 Å². The molecule has 0 heteroatoms. The Bertz CT molecular complexity index is 400. The van der Waals surface area contributed by atoms with Crippen LogP contribution in [0.3, 0.4) is 0 Å². The summed E-state index contributed by atoms with van der Waals surface area (Å²) < 4.78 is 0. The Labute approximate surface area is 118 Å². The highest BCUT2D eigenvalue weighted by molar-refractivity contribution is 5.22. The molecule has 0 saturated carbocycles. The predicted octanol–water partition coefficient (Wildman–Crippen LogP) is 5.59. The lowest BCUT2D eigenvalue weighted by molar-refractivity contribution is 0.904. The first-order valence-corrected chi connectivity index (χ1v) is 7.35. The van der Waals surface area contributed by atoms with E-state index in [2.05, 4.69) is 57.2 Å². The van der Waals surface area contributed by atoms with Gasteiger partial charge in [0.05, 0.1) is 0 Å². The van der Waals surface area contributed by atoms with Crippen molar-refractivity contribution in [3.63, 3.8) is 0 Å². The first kappa shape index (κ1) is 15.5. The molecule has 0 aliphatic rings. The molecule has 19 heavy (non-hydrogen) atoms. The van der Waals surface area contributed by atoms with Crippen LogP contribution in [-0.2, 0) is 12.8 Å². The van der Waals surface area contributed by atoms with Crippen molar-refractivity contribution in [1.82, 2.24) is 0 Å². The fraction of sp³-hybridized carbons (Fsp3) is 0.368. The molecule has 0 aliphatic carbocycles. The van der Waals surface area contributed by atoms with Gasteiger partial charge >= 0.3 is 0 Å². The molecule has 0 saturated heterocycles. The maximum atomic E-state index is 2.26. The maximum Gasteiger partial charge on any atom is -0.0281 e. The van der Waals surface area contributed by atoms with Crippen molar-refractivity contribution in [3.05, 3.63) is 71.3 Å². The molecule has 2 rings (SSSR count). The summed E-state index contributed by atoms with van der Waals surface area (Å²) in [4.78, 5) is 0. The van der Waals surface area contributed by atoms with E-state index in [1.807, 2.05) is 18.2 Å². The maximum absolute atomic E-state index is 2.26. The zero-order chi connectivity index (χ0) is 13.9. The van der Waals surface area contributed by atoms with Crippen LogP contribution in [0.4, 0.5) is 0 Å². The number of aryl methyl sites for hydroxylation is 3. The highest BCUT2D eigenvalue weighted by atomic mass is 14.0. The number of benzene rings is 2. The van der Waals surface area contributed by atoms with Crippen LogP contribution in [0.2, 0.25) is 0 Å². The summed E-state index contributed by atoms with van der Waals surface area (Å²) >= 11 is 0. The summed E-state index contributed by atoms with van der Waals surface area (Å²) in [6.07, 6.45) is 4.92. The molecular formula is C19H26. The van der Waals surface area contributed by atoms with Gasteiger partial charge in [-0.15, -0.1) is 0 Å². The summed E-state index contributed by atoms with van der Waals surface area (Å²) in [5.41, 5.74) is 4.26. The van der Waals surface area contributed by atoms with Crippen LogP contribution in [0.5, 0.6) is 0 Å². The smallest absolute Gasteiger partial charge is 0.0281 e. The minimum Gasteiger partial charge on any atom is -0.0651 e. The fourth-order valence-electron chi connectivity index (χ4n) is 1.98. The molecule has 0 heterocycles. The Hall–Kier alpha value is -1.56. The molecule has 0 atom stereocenters. The van der Waals surface area contributed by atoms with Crippen molar-refractivity contribution >= 4 is 0 Å². The molecule has 0 unspecified atom stereocenters. The summed E-state index contributed by atoms with van der Waals surface area (Å²) in [7, 11) is 0. The molecule has 0 nitrogen and oxygen atoms in total. The second-order valence-electron chi connectivity index (χ2n) is 4.97. The van der Waals surface area contributed by atoms with Crippen LogP contribution in [0.1, 0.15) is 43.4 Å².